The molecular weight excluding hydrogens is 146 g/mol. The minimum Gasteiger partial charge on any atom is -0.327 e. The smallest absolute Gasteiger partial charge is 0.00826 e. The van der Waals surface area contributed by atoms with Gasteiger partial charge in [-0.15, -0.1) is 0 Å². The van der Waals surface area contributed by atoms with Crippen molar-refractivity contribution in [2.24, 2.45) is 5.73 Å². The fourth-order valence-electron chi connectivity index (χ4n) is 1.99. The summed E-state index contributed by atoms with van der Waals surface area (Å²) >= 11 is 0. The monoisotopic (exact) mass is 161 g/mol. The lowest BCUT2D eigenvalue weighted by Crippen LogP contribution is -2.28. The van der Waals surface area contributed by atoms with Gasteiger partial charge in [-0.3, -0.25) is 0 Å². The van der Waals surface area contributed by atoms with Gasteiger partial charge in [-0.1, -0.05) is 18.2 Å². The summed E-state index contributed by atoms with van der Waals surface area (Å²) in [6.45, 7) is 2.18. The number of rotatable bonds is 0. The standard InChI is InChI=1S/C11H15N/c1-8-3-2-4-9-5-6-10(12)7-11(8)9/h2-4,10H,5-7,12H2,1H3. The van der Waals surface area contributed by atoms with E-state index in [-0.39, 0.29) is 0 Å². The van der Waals surface area contributed by atoms with Gasteiger partial charge in [0.15, 0.2) is 0 Å². The van der Waals surface area contributed by atoms with Crippen molar-refractivity contribution in [1.29, 1.82) is 0 Å². The number of nitrogens with two attached hydrogens (primary N) is 1. The molecule has 0 aliphatic heterocycles. The fraction of sp³-hybridized carbons (Fsp3) is 0.455. The Bertz CT molecular complexity index is 291. The number of fused-ring (bicyclic) bond motifs is 1. The van der Waals surface area contributed by atoms with Crippen LogP contribution in [0.25, 0.3) is 0 Å². The number of hydrogen-bond donors (Lipinski definition) is 1. The van der Waals surface area contributed by atoms with E-state index >= 15 is 0 Å². The Morgan fingerprint density at radius 1 is 1.42 bits per heavy atom. The molecule has 0 radical (unpaired) electrons. The summed E-state index contributed by atoms with van der Waals surface area (Å²) in [5.41, 5.74) is 10.3. The second kappa shape index (κ2) is 2.91. The van der Waals surface area contributed by atoms with E-state index in [1.165, 1.54) is 16.7 Å². The van der Waals surface area contributed by atoms with Gasteiger partial charge >= 0.3 is 0 Å². The van der Waals surface area contributed by atoms with E-state index in [0.717, 1.165) is 19.3 Å². The van der Waals surface area contributed by atoms with E-state index in [9.17, 15) is 0 Å². The lowest BCUT2D eigenvalue weighted by molar-refractivity contribution is 0.574. The van der Waals surface area contributed by atoms with Gasteiger partial charge in [-0.2, -0.15) is 0 Å². The molecule has 64 valence electrons. The highest BCUT2D eigenvalue weighted by Crippen LogP contribution is 2.23. The van der Waals surface area contributed by atoms with Gasteiger partial charge in [-0.25, -0.2) is 0 Å². The van der Waals surface area contributed by atoms with Crippen LogP contribution in [-0.2, 0) is 12.8 Å². The van der Waals surface area contributed by atoms with Crippen molar-refractivity contribution in [3.05, 3.63) is 34.9 Å². The van der Waals surface area contributed by atoms with Crippen LogP contribution < -0.4 is 5.73 Å². The van der Waals surface area contributed by atoms with Crippen LogP contribution in [0.1, 0.15) is 23.1 Å². The predicted molar refractivity (Wildman–Crippen MR) is 51.2 cm³/mol. The number of benzene rings is 1. The fourth-order valence-corrected chi connectivity index (χ4v) is 1.99. The SMILES string of the molecule is Cc1cccc2c1CC(N)CC2. The average Bonchev–Trinajstić information content (AvgIpc) is 2.07. The lowest BCUT2D eigenvalue weighted by atomic mass is 9.86. The Kier molecular flexibility index (Phi) is 1.89. The van der Waals surface area contributed by atoms with Crippen molar-refractivity contribution in [3.8, 4) is 0 Å². The quantitative estimate of drug-likeness (QED) is 0.617. The van der Waals surface area contributed by atoms with Gasteiger partial charge in [0.25, 0.3) is 0 Å². The first-order valence-electron chi connectivity index (χ1n) is 4.60. The third-order valence-corrected chi connectivity index (χ3v) is 2.76. The average molecular weight is 161 g/mol. The zero-order valence-electron chi connectivity index (χ0n) is 7.51. The van der Waals surface area contributed by atoms with E-state index in [1.54, 1.807) is 0 Å². The molecule has 0 aromatic heterocycles. The van der Waals surface area contributed by atoms with Crippen molar-refractivity contribution < 1.29 is 0 Å². The molecule has 1 aliphatic carbocycles. The van der Waals surface area contributed by atoms with E-state index in [2.05, 4.69) is 25.1 Å². The van der Waals surface area contributed by atoms with Crippen LogP contribution in [-0.4, -0.2) is 6.04 Å². The second-order valence-electron chi connectivity index (χ2n) is 3.72. The van der Waals surface area contributed by atoms with E-state index in [0.29, 0.717) is 6.04 Å². The molecule has 0 amide bonds. The number of hydrogen-bond acceptors (Lipinski definition) is 1. The van der Waals surface area contributed by atoms with E-state index in [4.69, 9.17) is 5.73 Å². The summed E-state index contributed by atoms with van der Waals surface area (Å²) in [5.74, 6) is 0. The van der Waals surface area contributed by atoms with Crippen LogP contribution in [0.2, 0.25) is 0 Å². The van der Waals surface area contributed by atoms with Crippen LogP contribution in [0.5, 0.6) is 0 Å². The number of aryl methyl sites for hydroxylation is 2. The molecule has 2 rings (SSSR count). The van der Waals surface area contributed by atoms with Crippen LogP contribution in [0.15, 0.2) is 18.2 Å². The van der Waals surface area contributed by atoms with Crippen molar-refractivity contribution in [3.63, 3.8) is 0 Å². The highest BCUT2D eigenvalue weighted by molar-refractivity contribution is 5.36. The van der Waals surface area contributed by atoms with Gasteiger partial charge in [0.05, 0.1) is 0 Å². The molecule has 1 heteroatoms. The van der Waals surface area contributed by atoms with Crippen LogP contribution in [0, 0.1) is 6.92 Å². The summed E-state index contributed by atoms with van der Waals surface area (Å²) < 4.78 is 0. The first kappa shape index (κ1) is 7.81. The first-order chi connectivity index (χ1) is 5.77. The highest BCUT2D eigenvalue weighted by Gasteiger charge is 2.15. The Morgan fingerprint density at radius 3 is 3.08 bits per heavy atom. The van der Waals surface area contributed by atoms with Crippen LogP contribution >= 0.6 is 0 Å². The molecule has 12 heavy (non-hydrogen) atoms. The van der Waals surface area contributed by atoms with Gasteiger partial charge in [-0.05, 0) is 42.9 Å². The largest absolute Gasteiger partial charge is 0.327 e. The molecule has 0 spiro atoms. The molecule has 0 saturated carbocycles. The minimum atomic E-state index is 0.388. The van der Waals surface area contributed by atoms with Crippen molar-refractivity contribution in [1.82, 2.24) is 0 Å². The maximum Gasteiger partial charge on any atom is 0.00826 e. The highest BCUT2D eigenvalue weighted by atomic mass is 14.6. The molecule has 0 heterocycles. The van der Waals surface area contributed by atoms with Gasteiger partial charge in [0.1, 0.15) is 0 Å². The van der Waals surface area contributed by atoms with Crippen molar-refractivity contribution in [2.45, 2.75) is 32.2 Å². The minimum absolute atomic E-state index is 0.388. The molecule has 0 saturated heterocycles. The second-order valence-corrected chi connectivity index (χ2v) is 3.72. The molecule has 1 aromatic rings. The summed E-state index contributed by atoms with van der Waals surface area (Å²) in [6.07, 6.45) is 3.39. The Hall–Kier alpha value is -0.820. The molecule has 1 nitrogen and oxygen atoms in total. The summed E-state index contributed by atoms with van der Waals surface area (Å²) in [7, 11) is 0. The molecule has 1 atom stereocenters. The molecule has 1 unspecified atom stereocenters. The van der Waals surface area contributed by atoms with E-state index < -0.39 is 0 Å². The maximum atomic E-state index is 5.92. The van der Waals surface area contributed by atoms with Crippen LogP contribution in [0.3, 0.4) is 0 Å². The predicted octanol–water partition coefficient (Wildman–Crippen LogP) is 1.81. The lowest BCUT2D eigenvalue weighted by Gasteiger charge is -2.22. The van der Waals surface area contributed by atoms with E-state index in [1.807, 2.05) is 0 Å². The van der Waals surface area contributed by atoms with Crippen LogP contribution in [0.4, 0.5) is 0 Å². The Balaban J connectivity index is 2.43. The van der Waals surface area contributed by atoms with Gasteiger partial charge < -0.3 is 5.73 Å². The molecule has 0 fully saturated rings. The Labute approximate surface area is 73.6 Å². The van der Waals surface area contributed by atoms with Gasteiger partial charge in [0.2, 0.25) is 0 Å². The normalized spacial score (nSPS) is 22.0. The van der Waals surface area contributed by atoms with Crippen molar-refractivity contribution in [2.75, 3.05) is 0 Å². The third-order valence-electron chi connectivity index (χ3n) is 2.76. The molecule has 2 N–H and O–H groups in total. The molecule has 1 aromatic carbocycles. The zero-order valence-corrected chi connectivity index (χ0v) is 7.51. The Morgan fingerprint density at radius 2 is 2.25 bits per heavy atom. The maximum absolute atomic E-state index is 5.92. The molecular formula is C11H15N. The molecule has 1 aliphatic rings. The first-order valence-corrected chi connectivity index (χ1v) is 4.60. The molecule has 0 bridgehead atoms. The summed E-state index contributed by atoms with van der Waals surface area (Å²) in [4.78, 5) is 0. The summed E-state index contributed by atoms with van der Waals surface area (Å²) in [6, 6.07) is 6.94. The third kappa shape index (κ3) is 1.25. The zero-order chi connectivity index (χ0) is 8.55. The topological polar surface area (TPSA) is 26.0 Å². The van der Waals surface area contributed by atoms with Gasteiger partial charge in [0, 0.05) is 6.04 Å². The summed E-state index contributed by atoms with van der Waals surface area (Å²) in [5, 5.41) is 0. The van der Waals surface area contributed by atoms with Crippen molar-refractivity contribution >= 4 is 0 Å².